The van der Waals surface area contributed by atoms with E-state index < -0.39 is 0 Å². The third-order valence-electron chi connectivity index (χ3n) is 10.2. The lowest BCUT2D eigenvalue weighted by molar-refractivity contribution is 0.155. The smallest absolute Gasteiger partial charge is 0.0110 e. The highest BCUT2D eigenvalue weighted by atomic mass is 15.3. The molecule has 0 saturated heterocycles. The second kappa shape index (κ2) is 35.4. The van der Waals surface area contributed by atoms with Crippen molar-refractivity contribution in [1.82, 2.24) is 34.3 Å². The van der Waals surface area contributed by atoms with Gasteiger partial charge in [-0.25, -0.2) is 0 Å². The molecule has 0 aliphatic heterocycles. The lowest BCUT2D eigenvalue weighted by atomic mass is 10.1. The molecule has 0 fully saturated rings. The second-order valence-electron chi connectivity index (χ2n) is 17.4. The Bertz CT molecular complexity index is 689. The van der Waals surface area contributed by atoms with Gasteiger partial charge in [-0.2, -0.15) is 0 Å². The van der Waals surface area contributed by atoms with Gasteiger partial charge in [0.1, 0.15) is 0 Å². The maximum Gasteiger partial charge on any atom is 0.0110 e. The highest BCUT2D eigenvalue weighted by molar-refractivity contribution is 4.71. The summed E-state index contributed by atoms with van der Waals surface area (Å²) in [5, 5.41) is 0. The lowest BCUT2D eigenvalue weighted by Crippen LogP contribution is -2.44. The van der Waals surface area contributed by atoms with Crippen LogP contribution in [-0.4, -0.2) is 173 Å². The first kappa shape index (κ1) is 52.8. The minimum atomic E-state index is 0.776. The molecule has 0 radical (unpaired) electrons. The highest BCUT2D eigenvalue weighted by Crippen LogP contribution is 2.08. The summed E-state index contributed by atoms with van der Waals surface area (Å²) in [6.45, 7) is 48.9. The molecule has 0 aliphatic carbocycles. The normalized spacial score (nSPS) is 12.6. The first-order valence-electron chi connectivity index (χ1n) is 22.2. The van der Waals surface area contributed by atoms with Gasteiger partial charge in [0.25, 0.3) is 0 Å². The van der Waals surface area contributed by atoms with E-state index in [4.69, 9.17) is 0 Å². The van der Waals surface area contributed by atoms with E-state index in [9.17, 15) is 0 Å². The average molecular weight is 726 g/mol. The Morgan fingerprint density at radius 2 is 0.529 bits per heavy atom. The van der Waals surface area contributed by atoms with Crippen LogP contribution >= 0.6 is 0 Å². The van der Waals surface area contributed by atoms with Crippen molar-refractivity contribution in [3.05, 3.63) is 0 Å². The predicted molar refractivity (Wildman–Crippen MR) is 233 cm³/mol. The van der Waals surface area contributed by atoms with Crippen LogP contribution in [-0.2, 0) is 0 Å². The Balaban J connectivity index is 0. The molecule has 0 amide bonds. The van der Waals surface area contributed by atoms with Crippen LogP contribution in [0.15, 0.2) is 0 Å². The van der Waals surface area contributed by atoms with E-state index in [2.05, 4.69) is 125 Å². The van der Waals surface area contributed by atoms with Crippen LogP contribution in [0.2, 0.25) is 0 Å². The summed E-state index contributed by atoms with van der Waals surface area (Å²) in [5.74, 6) is 3.12. The highest BCUT2D eigenvalue weighted by Gasteiger charge is 2.14. The van der Waals surface area contributed by atoms with Crippen molar-refractivity contribution in [1.29, 1.82) is 0 Å². The zero-order valence-corrected chi connectivity index (χ0v) is 38.1. The fraction of sp³-hybridized carbons (Fsp3) is 1.00. The molecule has 0 rings (SSSR count). The number of unbranched alkanes of at least 4 members (excludes halogenated alkanes) is 1. The molecule has 0 unspecified atom stereocenters. The second-order valence-corrected chi connectivity index (χ2v) is 17.4. The number of hydrogen-bond donors (Lipinski definition) is 0. The number of likely N-dealkylation sites (N-methyl/N-ethyl adjacent to an activating group) is 3. The van der Waals surface area contributed by atoms with Gasteiger partial charge in [-0.15, -0.1) is 0 Å². The molecule has 0 aromatic heterocycles. The standard InChI is InChI=1S/C42H93N7.C2H6/c1-14-16-22-47(24-18-40(5)6)34-28-44(12)31-37-49(36-30-43(11)27-33-46(21-15-2)23-17-39(3)4)38-32-45(13)29-35-48(25-19-41(7)8)26-20-42(9)10;1-2/h39-42H,14-38H2,1-13H3;1-2H3. The van der Waals surface area contributed by atoms with Crippen molar-refractivity contribution in [2.75, 3.05) is 139 Å². The molecule has 0 spiro atoms. The van der Waals surface area contributed by atoms with E-state index in [0.717, 1.165) is 76.0 Å². The van der Waals surface area contributed by atoms with Crippen molar-refractivity contribution >= 4 is 0 Å². The topological polar surface area (TPSA) is 22.7 Å². The van der Waals surface area contributed by atoms with Gasteiger partial charge < -0.3 is 29.4 Å². The maximum atomic E-state index is 2.76. The van der Waals surface area contributed by atoms with Crippen LogP contribution in [0.5, 0.6) is 0 Å². The quantitative estimate of drug-likeness (QED) is 0.0647. The van der Waals surface area contributed by atoms with Gasteiger partial charge in [-0.1, -0.05) is 89.5 Å². The Kier molecular flexibility index (Phi) is 36.7. The molecule has 0 atom stereocenters. The van der Waals surface area contributed by atoms with Crippen LogP contribution < -0.4 is 0 Å². The van der Waals surface area contributed by atoms with Crippen LogP contribution in [0.1, 0.15) is 128 Å². The molecule has 7 heteroatoms. The Hall–Kier alpha value is -0.280. The van der Waals surface area contributed by atoms with Crippen molar-refractivity contribution in [3.8, 4) is 0 Å². The third kappa shape index (κ3) is 35.2. The average Bonchev–Trinajstić information content (AvgIpc) is 3.08. The summed E-state index contributed by atoms with van der Waals surface area (Å²) in [6, 6.07) is 0. The van der Waals surface area contributed by atoms with Crippen molar-refractivity contribution < 1.29 is 0 Å². The van der Waals surface area contributed by atoms with Gasteiger partial charge in [0, 0.05) is 78.5 Å². The Labute approximate surface area is 324 Å². The van der Waals surface area contributed by atoms with E-state index in [1.807, 2.05) is 13.8 Å². The van der Waals surface area contributed by atoms with Crippen LogP contribution in [0, 0.1) is 23.7 Å². The molecule has 0 bridgehead atoms. The van der Waals surface area contributed by atoms with Crippen molar-refractivity contribution in [2.45, 2.75) is 128 Å². The summed E-state index contributed by atoms with van der Waals surface area (Å²) >= 11 is 0. The van der Waals surface area contributed by atoms with Crippen LogP contribution in [0.3, 0.4) is 0 Å². The summed E-state index contributed by atoms with van der Waals surface area (Å²) < 4.78 is 0. The SMILES string of the molecule is CC.CCCCN(CCC(C)C)CCN(C)CCN(CCN(C)CCN(CCC)CCC(C)C)CCN(C)CCN(CCC(C)C)CCC(C)C. The van der Waals surface area contributed by atoms with Crippen LogP contribution in [0.25, 0.3) is 0 Å². The summed E-state index contributed by atoms with van der Waals surface area (Å²) in [6.07, 6.45) is 9.07. The predicted octanol–water partition coefficient (Wildman–Crippen LogP) is 8.41. The minimum Gasteiger partial charge on any atom is -0.304 e. The largest absolute Gasteiger partial charge is 0.304 e. The molecule has 310 valence electrons. The van der Waals surface area contributed by atoms with Gasteiger partial charge in [0.2, 0.25) is 0 Å². The first-order chi connectivity index (χ1) is 24.2. The molecule has 0 aromatic carbocycles. The maximum absolute atomic E-state index is 2.76. The molecular weight excluding hydrogens is 627 g/mol. The van der Waals surface area contributed by atoms with Crippen LogP contribution in [0.4, 0.5) is 0 Å². The van der Waals surface area contributed by atoms with Gasteiger partial charge in [-0.05, 0) is 123 Å². The zero-order valence-electron chi connectivity index (χ0n) is 38.1. The van der Waals surface area contributed by atoms with E-state index in [1.54, 1.807) is 0 Å². The fourth-order valence-electron chi connectivity index (χ4n) is 6.01. The molecular formula is C44H99N7. The molecule has 0 aliphatic rings. The monoisotopic (exact) mass is 726 g/mol. The molecule has 0 N–H and O–H groups in total. The van der Waals surface area contributed by atoms with E-state index in [0.29, 0.717) is 0 Å². The molecule has 0 aromatic rings. The summed E-state index contributed by atoms with van der Waals surface area (Å²) in [7, 11) is 7.04. The van der Waals surface area contributed by atoms with E-state index in [1.165, 1.54) is 110 Å². The van der Waals surface area contributed by atoms with E-state index >= 15 is 0 Å². The summed E-state index contributed by atoms with van der Waals surface area (Å²) in [5.41, 5.74) is 0. The lowest BCUT2D eigenvalue weighted by Gasteiger charge is -2.31. The molecule has 0 heterocycles. The zero-order chi connectivity index (χ0) is 39.0. The van der Waals surface area contributed by atoms with Gasteiger partial charge in [0.05, 0.1) is 0 Å². The third-order valence-corrected chi connectivity index (χ3v) is 10.2. The van der Waals surface area contributed by atoms with Gasteiger partial charge in [0.15, 0.2) is 0 Å². The van der Waals surface area contributed by atoms with Gasteiger partial charge >= 0.3 is 0 Å². The Morgan fingerprint density at radius 1 is 0.294 bits per heavy atom. The van der Waals surface area contributed by atoms with Gasteiger partial charge in [-0.3, -0.25) is 4.90 Å². The number of hydrogen-bond acceptors (Lipinski definition) is 7. The van der Waals surface area contributed by atoms with Crippen molar-refractivity contribution in [3.63, 3.8) is 0 Å². The fourth-order valence-corrected chi connectivity index (χ4v) is 6.01. The summed E-state index contributed by atoms with van der Waals surface area (Å²) in [4.78, 5) is 18.7. The number of rotatable bonds is 35. The molecule has 0 saturated carbocycles. The van der Waals surface area contributed by atoms with E-state index in [-0.39, 0.29) is 0 Å². The Morgan fingerprint density at radius 3 is 0.765 bits per heavy atom. The number of nitrogens with zero attached hydrogens (tertiary/aromatic N) is 7. The molecule has 7 nitrogen and oxygen atoms in total. The molecule has 51 heavy (non-hydrogen) atoms. The first-order valence-corrected chi connectivity index (χ1v) is 22.2. The minimum absolute atomic E-state index is 0.776. The van der Waals surface area contributed by atoms with Crippen molar-refractivity contribution in [2.24, 2.45) is 23.7 Å².